The smallest absolute Gasteiger partial charge is 0.329 e. The molecule has 20 heavy (non-hydrogen) atoms. The number of aromatic nitrogens is 2. The van der Waals surface area contributed by atoms with Crippen LogP contribution in [-0.4, -0.2) is 14.9 Å². The fraction of sp³-hybridized carbons (Fsp3) is 0.167. The van der Waals surface area contributed by atoms with Crippen LogP contribution in [0.25, 0.3) is 0 Å². The van der Waals surface area contributed by atoms with Gasteiger partial charge in [0.05, 0.1) is 4.92 Å². The van der Waals surface area contributed by atoms with E-state index in [9.17, 15) is 10.1 Å². The summed E-state index contributed by atoms with van der Waals surface area (Å²) in [7, 11) is 0. The molecule has 0 unspecified atom stereocenters. The number of nitro groups is 1. The quantitative estimate of drug-likeness (QED) is 0.430. The van der Waals surface area contributed by atoms with Gasteiger partial charge in [-0.1, -0.05) is 29.8 Å². The van der Waals surface area contributed by atoms with Gasteiger partial charge in [0.25, 0.3) is 0 Å². The highest BCUT2D eigenvalue weighted by Crippen LogP contribution is 2.22. The molecule has 8 heteroatoms. The maximum absolute atomic E-state index is 10.9. The van der Waals surface area contributed by atoms with E-state index in [0.717, 1.165) is 17.3 Å². The second kappa shape index (κ2) is 5.93. The lowest BCUT2D eigenvalue weighted by atomic mass is 10.1. The van der Waals surface area contributed by atoms with E-state index >= 15 is 0 Å². The van der Waals surface area contributed by atoms with Gasteiger partial charge in [0.2, 0.25) is 11.8 Å². The van der Waals surface area contributed by atoms with Crippen molar-refractivity contribution in [1.82, 2.24) is 9.97 Å². The molecular weight excluding hydrogens is 260 g/mol. The van der Waals surface area contributed by atoms with Crippen molar-refractivity contribution < 1.29 is 4.92 Å². The van der Waals surface area contributed by atoms with Gasteiger partial charge in [0.1, 0.15) is 6.20 Å². The molecule has 0 saturated carbocycles. The van der Waals surface area contributed by atoms with Gasteiger partial charge >= 0.3 is 5.69 Å². The molecule has 0 fully saturated rings. The summed E-state index contributed by atoms with van der Waals surface area (Å²) >= 11 is 0. The maximum Gasteiger partial charge on any atom is 0.329 e. The number of aryl methyl sites for hydroxylation is 1. The molecular formula is C12H14N6O2. The van der Waals surface area contributed by atoms with Crippen LogP contribution in [0.15, 0.2) is 30.5 Å². The van der Waals surface area contributed by atoms with Crippen molar-refractivity contribution in [3.63, 3.8) is 0 Å². The zero-order valence-electron chi connectivity index (χ0n) is 10.8. The summed E-state index contributed by atoms with van der Waals surface area (Å²) in [5.74, 6) is 5.44. The highest BCUT2D eigenvalue weighted by Gasteiger charge is 2.16. The molecule has 0 aliphatic carbocycles. The Bertz CT molecular complexity index is 631. The number of hydrazine groups is 1. The number of nitrogens with one attached hydrogen (secondary N) is 2. The molecule has 0 radical (unpaired) electrons. The van der Waals surface area contributed by atoms with Crippen molar-refractivity contribution in [3.8, 4) is 0 Å². The van der Waals surface area contributed by atoms with Gasteiger partial charge < -0.3 is 5.32 Å². The van der Waals surface area contributed by atoms with Crippen molar-refractivity contribution >= 4 is 17.5 Å². The first-order valence-electron chi connectivity index (χ1n) is 5.87. The summed E-state index contributed by atoms with van der Waals surface area (Å²) < 4.78 is 0. The Morgan fingerprint density at radius 1 is 1.45 bits per heavy atom. The Kier molecular flexibility index (Phi) is 4.06. The summed E-state index contributed by atoms with van der Waals surface area (Å²) in [5.41, 5.74) is 4.18. The first-order chi connectivity index (χ1) is 9.60. The summed E-state index contributed by atoms with van der Waals surface area (Å²) in [6, 6.07) is 7.82. The van der Waals surface area contributed by atoms with Crippen LogP contribution in [-0.2, 0) is 6.54 Å². The number of nitrogens with two attached hydrogens (primary N) is 1. The molecule has 1 heterocycles. The summed E-state index contributed by atoms with van der Waals surface area (Å²) in [4.78, 5) is 18.0. The molecule has 0 aliphatic heterocycles. The van der Waals surface area contributed by atoms with Crippen LogP contribution in [0, 0.1) is 17.0 Å². The number of benzene rings is 1. The molecule has 0 spiro atoms. The normalized spacial score (nSPS) is 10.1. The van der Waals surface area contributed by atoms with Crippen LogP contribution in [0.2, 0.25) is 0 Å². The SMILES string of the molecule is Cc1cccc(CNc2nc(NN)ncc2[N+](=O)[O-])c1. The van der Waals surface area contributed by atoms with E-state index in [2.05, 4.69) is 20.7 Å². The topological polar surface area (TPSA) is 119 Å². The Morgan fingerprint density at radius 2 is 2.25 bits per heavy atom. The minimum Gasteiger partial charge on any atom is -0.360 e. The van der Waals surface area contributed by atoms with Gasteiger partial charge in [-0.25, -0.2) is 10.8 Å². The zero-order valence-corrected chi connectivity index (χ0v) is 10.8. The number of nitrogen functional groups attached to an aromatic ring is 1. The maximum atomic E-state index is 10.9. The van der Waals surface area contributed by atoms with E-state index in [1.54, 1.807) is 0 Å². The van der Waals surface area contributed by atoms with Gasteiger partial charge in [0, 0.05) is 6.54 Å². The number of rotatable bonds is 5. The van der Waals surface area contributed by atoms with Crippen molar-refractivity contribution in [1.29, 1.82) is 0 Å². The van der Waals surface area contributed by atoms with Crippen LogP contribution in [0.5, 0.6) is 0 Å². The zero-order chi connectivity index (χ0) is 14.5. The highest BCUT2D eigenvalue weighted by atomic mass is 16.6. The fourth-order valence-corrected chi connectivity index (χ4v) is 1.72. The first kappa shape index (κ1) is 13.7. The number of anilines is 2. The Morgan fingerprint density at radius 3 is 2.90 bits per heavy atom. The molecule has 1 aromatic heterocycles. The standard InChI is InChI=1S/C12H14N6O2/c1-8-3-2-4-9(5-8)6-14-11-10(18(19)20)7-15-12(16-11)17-13/h2-5,7H,6,13H2,1H3,(H2,14,15,16,17). The van der Waals surface area contributed by atoms with Crippen molar-refractivity contribution in [2.24, 2.45) is 5.84 Å². The molecule has 0 bridgehead atoms. The first-order valence-corrected chi connectivity index (χ1v) is 5.87. The number of nitrogens with zero attached hydrogens (tertiary/aromatic N) is 3. The van der Waals surface area contributed by atoms with Crippen LogP contribution in [0.3, 0.4) is 0 Å². The second-order valence-electron chi connectivity index (χ2n) is 4.17. The van der Waals surface area contributed by atoms with Gasteiger partial charge in [-0.05, 0) is 12.5 Å². The van der Waals surface area contributed by atoms with E-state index in [4.69, 9.17) is 5.84 Å². The van der Waals surface area contributed by atoms with Crippen LogP contribution in [0.4, 0.5) is 17.5 Å². The van der Waals surface area contributed by atoms with Gasteiger partial charge in [-0.3, -0.25) is 15.5 Å². The van der Waals surface area contributed by atoms with Gasteiger partial charge in [-0.2, -0.15) is 4.98 Å². The number of hydrogen-bond acceptors (Lipinski definition) is 7. The van der Waals surface area contributed by atoms with Crippen molar-refractivity contribution in [2.75, 3.05) is 10.7 Å². The van der Waals surface area contributed by atoms with Crippen LogP contribution < -0.4 is 16.6 Å². The minimum absolute atomic E-state index is 0.113. The molecule has 0 saturated heterocycles. The van der Waals surface area contributed by atoms with Crippen molar-refractivity contribution in [3.05, 3.63) is 51.7 Å². The highest BCUT2D eigenvalue weighted by molar-refractivity contribution is 5.57. The third-order valence-electron chi connectivity index (χ3n) is 2.64. The average molecular weight is 274 g/mol. The molecule has 8 nitrogen and oxygen atoms in total. The van der Waals surface area contributed by atoms with Crippen LogP contribution >= 0.6 is 0 Å². The summed E-state index contributed by atoms with van der Waals surface area (Å²) in [6.07, 6.45) is 1.11. The largest absolute Gasteiger partial charge is 0.360 e. The van der Waals surface area contributed by atoms with Gasteiger partial charge in [0.15, 0.2) is 0 Å². The predicted molar refractivity (Wildman–Crippen MR) is 75.0 cm³/mol. The van der Waals surface area contributed by atoms with E-state index in [1.165, 1.54) is 0 Å². The Labute approximate surface area is 115 Å². The molecule has 0 atom stereocenters. The molecule has 4 N–H and O–H groups in total. The lowest BCUT2D eigenvalue weighted by molar-refractivity contribution is -0.384. The molecule has 0 amide bonds. The molecule has 2 rings (SSSR count). The average Bonchev–Trinajstić information content (AvgIpc) is 2.44. The fourth-order valence-electron chi connectivity index (χ4n) is 1.72. The molecule has 1 aromatic carbocycles. The Hall–Kier alpha value is -2.74. The summed E-state index contributed by atoms with van der Waals surface area (Å²) in [5, 5.41) is 13.8. The molecule has 2 aromatic rings. The van der Waals surface area contributed by atoms with Crippen LogP contribution in [0.1, 0.15) is 11.1 Å². The van der Waals surface area contributed by atoms with E-state index in [0.29, 0.717) is 6.54 Å². The van der Waals surface area contributed by atoms with E-state index in [1.807, 2.05) is 31.2 Å². The van der Waals surface area contributed by atoms with E-state index in [-0.39, 0.29) is 17.5 Å². The van der Waals surface area contributed by atoms with E-state index < -0.39 is 4.92 Å². The lowest BCUT2D eigenvalue weighted by Gasteiger charge is -2.08. The van der Waals surface area contributed by atoms with Crippen molar-refractivity contribution in [2.45, 2.75) is 13.5 Å². The monoisotopic (exact) mass is 274 g/mol. The number of hydrogen-bond donors (Lipinski definition) is 3. The Balaban J connectivity index is 2.21. The minimum atomic E-state index is -0.543. The molecule has 0 aliphatic rings. The van der Waals surface area contributed by atoms with Gasteiger partial charge in [-0.15, -0.1) is 0 Å². The predicted octanol–water partition coefficient (Wildman–Crippen LogP) is 1.59. The lowest BCUT2D eigenvalue weighted by Crippen LogP contribution is -2.13. The summed E-state index contributed by atoms with van der Waals surface area (Å²) in [6.45, 7) is 2.40. The second-order valence-corrected chi connectivity index (χ2v) is 4.17. The molecule has 104 valence electrons. The third kappa shape index (κ3) is 3.18. The third-order valence-corrected chi connectivity index (χ3v) is 2.64.